The van der Waals surface area contributed by atoms with E-state index in [-0.39, 0.29) is 48.4 Å². The molecule has 0 spiro atoms. The number of fused-ring (bicyclic) bond motifs is 2. The first kappa shape index (κ1) is 24.3. The molecule has 3 atom stereocenters. The van der Waals surface area contributed by atoms with Gasteiger partial charge in [0, 0.05) is 24.8 Å². The summed E-state index contributed by atoms with van der Waals surface area (Å²) in [6.07, 6.45) is 5.64. The van der Waals surface area contributed by atoms with Crippen LogP contribution in [0.1, 0.15) is 71.6 Å². The summed E-state index contributed by atoms with van der Waals surface area (Å²) in [5.74, 6) is 0.342. The zero-order valence-corrected chi connectivity index (χ0v) is 20.6. The summed E-state index contributed by atoms with van der Waals surface area (Å²) in [4.78, 5) is 40.0. The van der Waals surface area contributed by atoms with Crippen LogP contribution in [0.25, 0.3) is 0 Å². The van der Waals surface area contributed by atoms with Crippen molar-refractivity contribution < 1.29 is 28.4 Å². The molecule has 10 heteroatoms. The van der Waals surface area contributed by atoms with Gasteiger partial charge in [-0.1, -0.05) is 18.0 Å². The average Bonchev–Trinajstić information content (AvgIpc) is 3.53. The highest BCUT2D eigenvalue weighted by Gasteiger charge is 2.39. The van der Waals surface area contributed by atoms with Crippen LogP contribution in [0.4, 0.5) is 5.69 Å². The molecule has 2 fully saturated rings. The number of nitrogens with zero attached hydrogens (tertiary/aromatic N) is 2. The number of ether oxygens (including phenoxy) is 2. The fourth-order valence-electron chi connectivity index (χ4n) is 5.34. The third-order valence-electron chi connectivity index (χ3n) is 7.26. The van der Waals surface area contributed by atoms with Crippen LogP contribution in [0.2, 0.25) is 0 Å². The van der Waals surface area contributed by atoms with E-state index in [1.807, 2.05) is 0 Å². The third kappa shape index (κ3) is 5.23. The van der Waals surface area contributed by atoms with Crippen LogP contribution in [-0.4, -0.2) is 65.7 Å². The van der Waals surface area contributed by atoms with Gasteiger partial charge in [-0.15, -0.1) is 0 Å². The van der Waals surface area contributed by atoms with Gasteiger partial charge in [0.15, 0.2) is 5.69 Å². The van der Waals surface area contributed by atoms with Gasteiger partial charge in [-0.3, -0.25) is 14.4 Å². The van der Waals surface area contributed by atoms with Crippen LogP contribution in [0.5, 0.6) is 5.75 Å². The Bertz CT molecular complexity index is 1140. The van der Waals surface area contributed by atoms with Crippen LogP contribution in [0.3, 0.4) is 0 Å². The van der Waals surface area contributed by atoms with Crippen molar-refractivity contribution in [3.8, 4) is 5.75 Å². The van der Waals surface area contributed by atoms with Gasteiger partial charge in [0.2, 0.25) is 5.91 Å². The lowest BCUT2D eigenvalue weighted by Crippen LogP contribution is -2.54. The van der Waals surface area contributed by atoms with Crippen molar-refractivity contribution in [3.63, 3.8) is 0 Å². The van der Waals surface area contributed by atoms with Crippen molar-refractivity contribution in [1.82, 2.24) is 15.4 Å². The molecule has 1 aromatic carbocycles. The first-order valence-electron chi connectivity index (χ1n) is 12.6. The Morgan fingerprint density at radius 2 is 1.94 bits per heavy atom. The molecule has 3 amide bonds. The molecule has 0 radical (unpaired) electrons. The summed E-state index contributed by atoms with van der Waals surface area (Å²) in [7, 11) is 1.76. The molecule has 192 valence electrons. The van der Waals surface area contributed by atoms with Gasteiger partial charge in [0.05, 0.1) is 24.1 Å². The molecule has 10 nitrogen and oxygen atoms in total. The molecule has 1 aromatic heterocycles. The minimum Gasteiger partial charge on any atom is -0.490 e. The van der Waals surface area contributed by atoms with Gasteiger partial charge in [-0.2, -0.15) is 0 Å². The number of aromatic nitrogens is 1. The number of rotatable bonds is 5. The maximum atomic E-state index is 13.4. The van der Waals surface area contributed by atoms with E-state index in [4.69, 9.17) is 14.0 Å². The van der Waals surface area contributed by atoms with E-state index in [0.29, 0.717) is 35.6 Å². The predicted molar refractivity (Wildman–Crippen MR) is 130 cm³/mol. The Hall–Kier alpha value is -3.40. The molecule has 36 heavy (non-hydrogen) atoms. The molecule has 2 aromatic rings. The second kappa shape index (κ2) is 10.3. The Labute approximate surface area is 209 Å². The molecule has 1 saturated heterocycles. The topological polar surface area (TPSA) is 123 Å². The van der Waals surface area contributed by atoms with Crippen molar-refractivity contribution in [2.24, 2.45) is 0 Å². The number of benzene rings is 1. The lowest BCUT2D eigenvalue weighted by atomic mass is 9.94. The van der Waals surface area contributed by atoms with Gasteiger partial charge < -0.3 is 29.5 Å². The lowest BCUT2D eigenvalue weighted by molar-refractivity contribution is -0.134. The molecule has 3 heterocycles. The SMILES string of the molecule is Cc1cc(C(=O)Nc2ccc3c(c2)C(=O)N(C)[C@H]2CC[C@H](CC(=O)NC4CCCC4)O[C@H]2CO3)no1. The summed E-state index contributed by atoms with van der Waals surface area (Å²) in [6, 6.07) is 6.61. The molecular weight excluding hydrogens is 464 g/mol. The largest absolute Gasteiger partial charge is 0.490 e. The zero-order chi connectivity index (χ0) is 25.2. The zero-order valence-electron chi connectivity index (χ0n) is 20.6. The third-order valence-corrected chi connectivity index (χ3v) is 7.26. The number of hydrogen-bond donors (Lipinski definition) is 2. The number of amides is 3. The van der Waals surface area contributed by atoms with Crippen molar-refractivity contribution in [1.29, 1.82) is 0 Å². The van der Waals surface area contributed by atoms with E-state index in [1.165, 1.54) is 12.8 Å². The lowest BCUT2D eigenvalue weighted by Gasteiger charge is -2.42. The summed E-state index contributed by atoms with van der Waals surface area (Å²) in [6.45, 7) is 1.97. The second-order valence-corrected chi connectivity index (χ2v) is 9.91. The van der Waals surface area contributed by atoms with E-state index in [2.05, 4.69) is 15.8 Å². The standard InChI is InChI=1S/C26H32N4O6/c1-15-11-20(29-36-15)25(32)28-17-7-10-22-19(12-17)26(33)30(2)21-9-8-18(35-23(21)14-34-22)13-24(31)27-16-5-3-4-6-16/h7,10-12,16,18,21,23H,3-6,8-9,13-14H2,1-2H3,(H,27,31)(H,28,32)/t18-,21+,23+/m1/s1. The van der Waals surface area contributed by atoms with Crippen molar-refractivity contribution in [2.45, 2.75) is 76.2 Å². The van der Waals surface area contributed by atoms with Gasteiger partial charge in [0.25, 0.3) is 11.8 Å². The van der Waals surface area contributed by atoms with Crippen molar-refractivity contribution >= 4 is 23.4 Å². The monoisotopic (exact) mass is 496 g/mol. The second-order valence-electron chi connectivity index (χ2n) is 9.91. The molecular formula is C26H32N4O6. The highest BCUT2D eigenvalue weighted by Crippen LogP contribution is 2.32. The van der Waals surface area contributed by atoms with E-state index in [9.17, 15) is 14.4 Å². The smallest absolute Gasteiger partial charge is 0.277 e. The van der Waals surface area contributed by atoms with Crippen LogP contribution >= 0.6 is 0 Å². The van der Waals surface area contributed by atoms with Crippen LogP contribution in [-0.2, 0) is 9.53 Å². The van der Waals surface area contributed by atoms with Crippen molar-refractivity contribution in [2.75, 3.05) is 19.0 Å². The van der Waals surface area contributed by atoms with E-state index in [1.54, 1.807) is 43.1 Å². The predicted octanol–water partition coefficient (Wildman–Crippen LogP) is 3.06. The minimum atomic E-state index is -0.428. The quantitative estimate of drug-likeness (QED) is 0.652. The Kier molecular flexibility index (Phi) is 6.95. The fraction of sp³-hybridized carbons (Fsp3) is 0.538. The Morgan fingerprint density at radius 3 is 2.69 bits per heavy atom. The number of likely N-dealkylation sites (N-methyl/N-ethyl adjacent to an activating group) is 1. The number of carbonyl (C=O) groups is 3. The highest BCUT2D eigenvalue weighted by atomic mass is 16.5. The fourth-order valence-corrected chi connectivity index (χ4v) is 5.34. The first-order valence-corrected chi connectivity index (χ1v) is 12.6. The highest BCUT2D eigenvalue weighted by molar-refractivity contribution is 6.04. The molecule has 2 aliphatic heterocycles. The van der Waals surface area contributed by atoms with E-state index < -0.39 is 5.91 Å². The van der Waals surface area contributed by atoms with Gasteiger partial charge in [0.1, 0.15) is 24.2 Å². The van der Waals surface area contributed by atoms with Gasteiger partial charge in [-0.25, -0.2) is 0 Å². The average molecular weight is 497 g/mol. The number of hydrogen-bond acceptors (Lipinski definition) is 7. The minimum absolute atomic E-state index is 0.0299. The number of nitrogens with one attached hydrogen (secondary N) is 2. The molecule has 1 saturated carbocycles. The van der Waals surface area contributed by atoms with E-state index >= 15 is 0 Å². The number of anilines is 1. The maximum Gasteiger partial charge on any atom is 0.277 e. The van der Waals surface area contributed by atoms with Gasteiger partial charge >= 0.3 is 0 Å². The van der Waals surface area contributed by atoms with Crippen LogP contribution in [0, 0.1) is 6.92 Å². The molecule has 0 unspecified atom stereocenters. The number of aryl methyl sites for hydroxylation is 1. The molecule has 0 bridgehead atoms. The summed E-state index contributed by atoms with van der Waals surface area (Å²) < 4.78 is 17.2. The molecule has 3 aliphatic rings. The first-order chi connectivity index (χ1) is 17.4. The van der Waals surface area contributed by atoms with Gasteiger partial charge in [-0.05, 0) is 50.8 Å². The van der Waals surface area contributed by atoms with E-state index in [0.717, 1.165) is 19.3 Å². The summed E-state index contributed by atoms with van der Waals surface area (Å²) >= 11 is 0. The summed E-state index contributed by atoms with van der Waals surface area (Å²) in [5.41, 5.74) is 0.978. The Balaban J connectivity index is 1.25. The van der Waals surface area contributed by atoms with Crippen LogP contribution < -0.4 is 15.4 Å². The molecule has 5 rings (SSSR count). The Morgan fingerprint density at radius 1 is 1.14 bits per heavy atom. The molecule has 1 aliphatic carbocycles. The normalized spacial score (nSPS) is 24.2. The van der Waals surface area contributed by atoms with Crippen LogP contribution in [0.15, 0.2) is 28.8 Å². The maximum absolute atomic E-state index is 13.4. The van der Waals surface area contributed by atoms with Crippen molar-refractivity contribution in [3.05, 3.63) is 41.3 Å². The molecule has 2 N–H and O–H groups in total. The summed E-state index contributed by atoms with van der Waals surface area (Å²) in [5, 5.41) is 9.60. The number of carbonyl (C=O) groups excluding carboxylic acids is 3.